The first-order valence-corrected chi connectivity index (χ1v) is 4.33. The summed E-state index contributed by atoms with van der Waals surface area (Å²) in [6.45, 7) is 2.43. The standard InChI is InChI=1S/C8H17BN2O/c1-7(12)8(10-2)5-3-4-6-11-9/h8,10-11H,3-6H2,1-2H3. The molecule has 3 nitrogen and oxygen atoms in total. The van der Waals surface area contributed by atoms with Crippen molar-refractivity contribution in [2.45, 2.75) is 32.2 Å². The van der Waals surface area contributed by atoms with Crippen LogP contribution in [0.5, 0.6) is 0 Å². The van der Waals surface area contributed by atoms with Crippen molar-refractivity contribution in [2.24, 2.45) is 0 Å². The molecule has 68 valence electrons. The molecule has 0 aliphatic rings. The summed E-state index contributed by atoms with van der Waals surface area (Å²) in [6, 6.07) is 0.0165. The lowest BCUT2D eigenvalue weighted by molar-refractivity contribution is -0.119. The third kappa shape index (κ3) is 5.32. The number of rotatable bonds is 7. The van der Waals surface area contributed by atoms with E-state index in [1.165, 1.54) is 0 Å². The molecular formula is C8H17BN2O. The molecule has 4 heteroatoms. The van der Waals surface area contributed by atoms with E-state index in [4.69, 9.17) is 7.98 Å². The third-order valence-electron chi connectivity index (χ3n) is 1.90. The Morgan fingerprint density at radius 1 is 1.50 bits per heavy atom. The van der Waals surface area contributed by atoms with E-state index in [0.717, 1.165) is 25.8 Å². The lowest BCUT2D eigenvalue weighted by Crippen LogP contribution is -2.32. The van der Waals surface area contributed by atoms with Gasteiger partial charge in [-0.1, -0.05) is 6.42 Å². The van der Waals surface area contributed by atoms with Gasteiger partial charge in [0.05, 0.1) is 6.04 Å². The van der Waals surface area contributed by atoms with E-state index < -0.39 is 0 Å². The summed E-state index contributed by atoms with van der Waals surface area (Å²) in [5, 5.41) is 5.56. The Labute approximate surface area is 75.7 Å². The number of carbonyl (C=O) groups excluding carboxylic acids is 1. The van der Waals surface area contributed by atoms with E-state index in [0.29, 0.717) is 0 Å². The maximum atomic E-state index is 10.9. The van der Waals surface area contributed by atoms with Gasteiger partial charge < -0.3 is 10.5 Å². The summed E-state index contributed by atoms with van der Waals surface area (Å²) in [6.07, 6.45) is 2.94. The van der Waals surface area contributed by atoms with Crippen LogP contribution < -0.4 is 10.5 Å². The summed E-state index contributed by atoms with van der Waals surface area (Å²) in [5.41, 5.74) is 0. The molecule has 0 saturated carbocycles. The first kappa shape index (κ1) is 11.7. The molecule has 2 radical (unpaired) electrons. The molecule has 1 atom stereocenters. The molecule has 0 heterocycles. The summed E-state index contributed by atoms with van der Waals surface area (Å²) in [7, 11) is 6.92. The third-order valence-corrected chi connectivity index (χ3v) is 1.90. The Balaban J connectivity index is 3.38. The van der Waals surface area contributed by atoms with E-state index in [9.17, 15) is 4.79 Å². The van der Waals surface area contributed by atoms with Crippen LogP contribution in [0.2, 0.25) is 0 Å². The van der Waals surface area contributed by atoms with E-state index in [1.54, 1.807) is 6.92 Å². The van der Waals surface area contributed by atoms with E-state index in [2.05, 4.69) is 10.5 Å². The number of hydrogen-bond donors (Lipinski definition) is 2. The van der Waals surface area contributed by atoms with Crippen LogP contribution in [0.4, 0.5) is 0 Å². The van der Waals surface area contributed by atoms with Gasteiger partial charge in [-0.3, -0.25) is 4.79 Å². The van der Waals surface area contributed by atoms with Gasteiger partial charge in [-0.05, 0) is 33.4 Å². The van der Waals surface area contributed by atoms with Crippen LogP contribution in [0.15, 0.2) is 0 Å². The molecule has 0 saturated heterocycles. The molecule has 0 aromatic rings. The Bertz CT molecular complexity index is 130. The van der Waals surface area contributed by atoms with Crippen molar-refractivity contribution in [1.82, 2.24) is 10.5 Å². The van der Waals surface area contributed by atoms with Crippen LogP contribution in [0.1, 0.15) is 26.2 Å². The second-order valence-electron chi connectivity index (χ2n) is 2.90. The number of Topliss-reactive ketones (excluding diaryl/α,β-unsaturated/α-hetero) is 1. The highest BCUT2D eigenvalue weighted by molar-refractivity contribution is 6.04. The van der Waals surface area contributed by atoms with Crippen molar-refractivity contribution in [1.29, 1.82) is 0 Å². The normalized spacial score (nSPS) is 12.8. The summed E-state index contributed by atoms with van der Waals surface area (Å²) >= 11 is 0. The van der Waals surface area contributed by atoms with Crippen LogP contribution in [-0.4, -0.2) is 33.4 Å². The Morgan fingerprint density at radius 3 is 2.58 bits per heavy atom. The van der Waals surface area contributed by atoms with Crippen LogP contribution in [0.3, 0.4) is 0 Å². The Hall–Kier alpha value is -0.345. The van der Waals surface area contributed by atoms with Gasteiger partial charge in [0.25, 0.3) is 0 Å². The smallest absolute Gasteiger partial charge is 0.177 e. The van der Waals surface area contributed by atoms with Gasteiger partial charge in [-0.15, -0.1) is 0 Å². The van der Waals surface area contributed by atoms with E-state index >= 15 is 0 Å². The molecule has 0 rings (SSSR count). The molecule has 0 aliphatic carbocycles. The molecule has 0 bridgehead atoms. The molecule has 0 aromatic carbocycles. The van der Waals surface area contributed by atoms with Crippen molar-refractivity contribution < 1.29 is 4.79 Å². The van der Waals surface area contributed by atoms with Gasteiger partial charge >= 0.3 is 0 Å². The van der Waals surface area contributed by atoms with Gasteiger partial charge in [-0.25, -0.2) is 0 Å². The molecule has 0 spiro atoms. The van der Waals surface area contributed by atoms with E-state index in [-0.39, 0.29) is 11.8 Å². The van der Waals surface area contributed by atoms with Gasteiger partial charge in [0.1, 0.15) is 5.78 Å². The fraction of sp³-hybridized carbons (Fsp3) is 0.875. The first-order valence-electron chi connectivity index (χ1n) is 4.33. The predicted octanol–water partition coefficient (Wildman–Crippen LogP) is 0.00680. The number of hydrogen-bond acceptors (Lipinski definition) is 3. The SMILES string of the molecule is [B]NCCCCC(NC)C(C)=O. The highest BCUT2D eigenvalue weighted by Gasteiger charge is 2.09. The average molecular weight is 168 g/mol. The summed E-state index contributed by atoms with van der Waals surface area (Å²) in [5.74, 6) is 0.207. The van der Waals surface area contributed by atoms with Crippen molar-refractivity contribution in [3.8, 4) is 0 Å². The lowest BCUT2D eigenvalue weighted by Gasteiger charge is -2.11. The van der Waals surface area contributed by atoms with Gasteiger partial charge in [0, 0.05) is 0 Å². The number of ketones is 1. The second-order valence-corrected chi connectivity index (χ2v) is 2.90. The van der Waals surface area contributed by atoms with Crippen LogP contribution in [0, 0.1) is 0 Å². The molecule has 0 fully saturated rings. The Morgan fingerprint density at radius 2 is 2.17 bits per heavy atom. The van der Waals surface area contributed by atoms with Gasteiger partial charge in [-0.2, -0.15) is 0 Å². The lowest BCUT2D eigenvalue weighted by atomic mass is 10.1. The van der Waals surface area contributed by atoms with Crippen molar-refractivity contribution in [3.05, 3.63) is 0 Å². The number of nitrogens with one attached hydrogen (secondary N) is 2. The minimum absolute atomic E-state index is 0.0165. The van der Waals surface area contributed by atoms with E-state index in [1.807, 2.05) is 7.05 Å². The summed E-state index contributed by atoms with van der Waals surface area (Å²) in [4.78, 5) is 10.9. The minimum atomic E-state index is 0.0165. The van der Waals surface area contributed by atoms with Crippen molar-refractivity contribution >= 4 is 13.8 Å². The maximum Gasteiger partial charge on any atom is 0.177 e. The number of unbranched alkanes of at least 4 members (excludes halogenated alkanes) is 1. The fourth-order valence-corrected chi connectivity index (χ4v) is 1.13. The predicted molar refractivity (Wildman–Crippen MR) is 51.1 cm³/mol. The van der Waals surface area contributed by atoms with Crippen LogP contribution >= 0.6 is 0 Å². The maximum absolute atomic E-state index is 10.9. The highest BCUT2D eigenvalue weighted by atomic mass is 16.1. The fourth-order valence-electron chi connectivity index (χ4n) is 1.13. The largest absolute Gasteiger partial charge is 0.366 e. The number of carbonyl (C=O) groups is 1. The molecule has 0 aromatic heterocycles. The summed E-state index contributed by atoms with van der Waals surface area (Å²) < 4.78 is 0. The molecular weight excluding hydrogens is 151 g/mol. The van der Waals surface area contributed by atoms with Crippen molar-refractivity contribution in [3.63, 3.8) is 0 Å². The van der Waals surface area contributed by atoms with Crippen LogP contribution in [-0.2, 0) is 4.79 Å². The van der Waals surface area contributed by atoms with Crippen molar-refractivity contribution in [2.75, 3.05) is 13.6 Å². The number of likely N-dealkylation sites (N-methyl/N-ethyl adjacent to an activating group) is 1. The minimum Gasteiger partial charge on any atom is -0.366 e. The topological polar surface area (TPSA) is 41.1 Å². The molecule has 0 amide bonds. The molecule has 2 N–H and O–H groups in total. The molecule has 0 aliphatic heterocycles. The Kier molecular flexibility index (Phi) is 7.10. The van der Waals surface area contributed by atoms with Gasteiger partial charge in [0.15, 0.2) is 7.98 Å². The zero-order valence-electron chi connectivity index (χ0n) is 7.89. The molecule has 12 heavy (non-hydrogen) atoms. The highest BCUT2D eigenvalue weighted by Crippen LogP contribution is 2.00. The quantitative estimate of drug-likeness (QED) is 0.415. The van der Waals surface area contributed by atoms with Gasteiger partial charge in [0.2, 0.25) is 0 Å². The monoisotopic (exact) mass is 168 g/mol. The zero-order valence-corrected chi connectivity index (χ0v) is 7.89. The second kappa shape index (κ2) is 7.31. The average Bonchev–Trinajstić information content (AvgIpc) is 2.04. The molecule has 1 unspecified atom stereocenters. The zero-order chi connectivity index (χ0) is 9.40. The van der Waals surface area contributed by atoms with Crippen LogP contribution in [0.25, 0.3) is 0 Å². The first-order chi connectivity index (χ1) is 5.72.